The van der Waals surface area contributed by atoms with Crippen LogP contribution >= 0.6 is 0 Å². The molecular weight excluding hydrogens is 348 g/mol. The molecule has 0 spiro atoms. The predicted molar refractivity (Wildman–Crippen MR) is 112 cm³/mol. The van der Waals surface area contributed by atoms with E-state index in [4.69, 9.17) is 0 Å². The highest BCUT2D eigenvalue weighted by Crippen LogP contribution is 2.36. The lowest BCUT2D eigenvalue weighted by Gasteiger charge is -2.30. The number of amides is 2. The summed E-state index contributed by atoms with van der Waals surface area (Å²) in [5, 5.41) is 5.64. The van der Waals surface area contributed by atoms with Crippen molar-refractivity contribution in [2.24, 2.45) is 5.41 Å². The highest BCUT2D eigenvalue weighted by molar-refractivity contribution is 5.91. The van der Waals surface area contributed by atoms with Crippen molar-refractivity contribution in [3.8, 4) is 0 Å². The van der Waals surface area contributed by atoms with Crippen LogP contribution in [0.4, 0.5) is 0 Å². The Morgan fingerprint density at radius 2 is 1.64 bits per heavy atom. The zero-order chi connectivity index (χ0) is 19.8. The van der Waals surface area contributed by atoms with E-state index < -0.39 is 5.41 Å². The van der Waals surface area contributed by atoms with E-state index in [1.54, 1.807) is 0 Å². The van der Waals surface area contributed by atoms with Crippen LogP contribution < -0.4 is 10.6 Å². The summed E-state index contributed by atoms with van der Waals surface area (Å²) in [6.45, 7) is 2.44. The lowest BCUT2D eigenvalue weighted by Crippen LogP contribution is -2.44. The molecule has 0 aliphatic heterocycles. The van der Waals surface area contributed by atoms with Crippen LogP contribution in [0, 0.1) is 5.41 Å². The summed E-state index contributed by atoms with van der Waals surface area (Å²) in [5.41, 5.74) is 2.70. The minimum Gasteiger partial charge on any atom is -0.350 e. The van der Waals surface area contributed by atoms with Crippen molar-refractivity contribution in [3.63, 3.8) is 0 Å². The van der Waals surface area contributed by atoms with Gasteiger partial charge >= 0.3 is 0 Å². The standard InChI is InChI=1S/C24H26N2O2/c1-2-24(15-13-21(14-16-24)20-11-7-4-8-12-20)23(28)26-18-22(27)25-17-19-9-5-3-6-10-19/h3-15H,2,16-18H2,1H3,(H,25,27)(H,26,28). The van der Waals surface area contributed by atoms with E-state index in [9.17, 15) is 9.59 Å². The Morgan fingerprint density at radius 1 is 0.964 bits per heavy atom. The fourth-order valence-corrected chi connectivity index (χ4v) is 3.31. The van der Waals surface area contributed by atoms with Gasteiger partial charge in [-0.05, 0) is 29.5 Å². The lowest BCUT2D eigenvalue weighted by molar-refractivity contribution is -0.131. The molecule has 3 rings (SSSR count). The SMILES string of the molecule is CCC1(C(=O)NCC(=O)NCc2ccccc2)C=CC(c2ccccc2)=CC1. The Labute approximate surface area is 166 Å². The minimum atomic E-state index is -0.599. The molecule has 144 valence electrons. The highest BCUT2D eigenvalue weighted by atomic mass is 16.2. The first kappa shape index (κ1) is 19.6. The summed E-state index contributed by atoms with van der Waals surface area (Å²) in [6.07, 6.45) is 7.40. The van der Waals surface area contributed by atoms with Crippen LogP contribution in [0.2, 0.25) is 0 Å². The number of carbonyl (C=O) groups is 2. The summed E-state index contributed by atoms with van der Waals surface area (Å²) in [7, 11) is 0. The third-order valence-corrected chi connectivity index (χ3v) is 5.20. The quantitative estimate of drug-likeness (QED) is 0.773. The maximum absolute atomic E-state index is 12.8. The molecule has 2 amide bonds. The first-order valence-corrected chi connectivity index (χ1v) is 9.67. The van der Waals surface area contributed by atoms with Crippen LogP contribution in [-0.4, -0.2) is 18.4 Å². The molecular formula is C24H26N2O2. The van der Waals surface area contributed by atoms with Crippen LogP contribution in [0.3, 0.4) is 0 Å². The third kappa shape index (κ3) is 4.77. The molecule has 0 saturated heterocycles. The van der Waals surface area contributed by atoms with E-state index in [0.717, 1.165) is 16.7 Å². The average Bonchev–Trinajstić information content (AvgIpc) is 2.77. The van der Waals surface area contributed by atoms with Crippen molar-refractivity contribution >= 4 is 17.4 Å². The molecule has 0 saturated carbocycles. The maximum Gasteiger partial charge on any atom is 0.239 e. The Bertz CT molecular complexity index is 872. The van der Waals surface area contributed by atoms with Crippen LogP contribution in [0.1, 0.15) is 30.9 Å². The maximum atomic E-state index is 12.8. The number of allylic oxidation sites excluding steroid dienone is 3. The van der Waals surface area contributed by atoms with Crippen LogP contribution in [-0.2, 0) is 16.1 Å². The molecule has 0 aromatic heterocycles. The van der Waals surface area contributed by atoms with Crippen LogP contribution in [0.15, 0.2) is 78.9 Å². The van der Waals surface area contributed by atoms with Gasteiger partial charge in [0.25, 0.3) is 0 Å². The highest BCUT2D eigenvalue weighted by Gasteiger charge is 2.34. The van der Waals surface area contributed by atoms with Crippen molar-refractivity contribution in [2.75, 3.05) is 6.54 Å². The Kier molecular flexibility index (Phi) is 6.43. The fourth-order valence-electron chi connectivity index (χ4n) is 3.31. The summed E-state index contributed by atoms with van der Waals surface area (Å²) >= 11 is 0. The molecule has 1 atom stereocenters. The van der Waals surface area contributed by atoms with Gasteiger partial charge in [-0.2, -0.15) is 0 Å². The monoisotopic (exact) mass is 374 g/mol. The summed E-state index contributed by atoms with van der Waals surface area (Å²) < 4.78 is 0. The average molecular weight is 374 g/mol. The Morgan fingerprint density at radius 3 is 2.25 bits per heavy atom. The molecule has 2 aromatic rings. The topological polar surface area (TPSA) is 58.2 Å². The first-order valence-electron chi connectivity index (χ1n) is 9.67. The van der Waals surface area contributed by atoms with E-state index in [2.05, 4.69) is 28.8 Å². The van der Waals surface area contributed by atoms with Gasteiger partial charge in [-0.3, -0.25) is 9.59 Å². The second-order valence-corrected chi connectivity index (χ2v) is 7.02. The molecule has 4 nitrogen and oxygen atoms in total. The molecule has 0 bridgehead atoms. The first-order chi connectivity index (χ1) is 13.6. The Balaban J connectivity index is 1.53. The molecule has 1 aliphatic rings. The van der Waals surface area contributed by atoms with Crippen molar-refractivity contribution in [1.82, 2.24) is 10.6 Å². The Hall–Kier alpha value is -3.14. The number of hydrogen-bond acceptors (Lipinski definition) is 2. The van der Waals surface area contributed by atoms with Gasteiger partial charge in [-0.25, -0.2) is 0 Å². The number of nitrogens with one attached hydrogen (secondary N) is 2. The van der Waals surface area contributed by atoms with Gasteiger partial charge < -0.3 is 10.6 Å². The smallest absolute Gasteiger partial charge is 0.239 e. The van der Waals surface area contributed by atoms with E-state index in [1.165, 1.54) is 0 Å². The summed E-state index contributed by atoms with van der Waals surface area (Å²) in [4.78, 5) is 24.9. The molecule has 0 fully saturated rings. The zero-order valence-corrected chi connectivity index (χ0v) is 16.2. The fraction of sp³-hybridized carbons (Fsp3) is 0.250. The molecule has 4 heteroatoms. The van der Waals surface area contributed by atoms with Crippen molar-refractivity contribution in [1.29, 1.82) is 0 Å². The second kappa shape index (κ2) is 9.18. The van der Waals surface area contributed by atoms with Crippen LogP contribution in [0.5, 0.6) is 0 Å². The van der Waals surface area contributed by atoms with Crippen molar-refractivity contribution < 1.29 is 9.59 Å². The molecule has 28 heavy (non-hydrogen) atoms. The molecule has 1 unspecified atom stereocenters. The largest absolute Gasteiger partial charge is 0.350 e. The van der Waals surface area contributed by atoms with Gasteiger partial charge in [0.15, 0.2) is 0 Å². The van der Waals surface area contributed by atoms with Gasteiger partial charge in [0.2, 0.25) is 11.8 Å². The third-order valence-electron chi connectivity index (χ3n) is 5.20. The molecule has 2 aromatic carbocycles. The van der Waals surface area contributed by atoms with E-state index >= 15 is 0 Å². The zero-order valence-electron chi connectivity index (χ0n) is 16.2. The summed E-state index contributed by atoms with van der Waals surface area (Å²) in [5.74, 6) is -0.298. The normalized spacial score (nSPS) is 18.2. The van der Waals surface area contributed by atoms with Gasteiger partial charge in [-0.1, -0.05) is 85.8 Å². The molecule has 0 radical (unpaired) electrons. The molecule has 1 aliphatic carbocycles. The van der Waals surface area contributed by atoms with Gasteiger partial charge in [0.05, 0.1) is 12.0 Å². The van der Waals surface area contributed by atoms with Gasteiger partial charge in [0, 0.05) is 6.54 Å². The lowest BCUT2D eigenvalue weighted by atomic mass is 9.76. The number of benzene rings is 2. The van der Waals surface area contributed by atoms with Crippen molar-refractivity contribution in [2.45, 2.75) is 26.3 Å². The van der Waals surface area contributed by atoms with E-state index in [1.807, 2.05) is 67.6 Å². The molecule has 2 N–H and O–H groups in total. The van der Waals surface area contributed by atoms with E-state index in [0.29, 0.717) is 19.4 Å². The number of hydrogen-bond donors (Lipinski definition) is 2. The number of rotatable bonds is 7. The predicted octanol–water partition coefficient (Wildman–Crippen LogP) is 3.86. The van der Waals surface area contributed by atoms with E-state index in [-0.39, 0.29) is 18.4 Å². The summed E-state index contributed by atoms with van der Waals surface area (Å²) in [6, 6.07) is 19.8. The minimum absolute atomic E-state index is 0.0173. The van der Waals surface area contributed by atoms with Gasteiger partial charge in [-0.15, -0.1) is 0 Å². The van der Waals surface area contributed by atoms with Crippen LogP contribution in [0.25, 0.3) is 5.57 Å². The number of carbonyl (C=O) groups excluding carboxylic acids is 2. The van der Waals surface area contributed by atoms with Crippen molar-refractivity contribution in [3.05, 3.63) is 90.0 Å². The molecule has 0 heterocycles. The van der Waals surface area contributed by atoms with Gasteiger partial charge in [0.1, 0.15) is 0 Å². The second-order valence-electron chi connectivity index (χ2n) is 7.02.